The molecule has 0 aliphatic heterocycles. The maximum atomic E-state index is 12.8. The molecule has 1 aliphatic rings. The molecule has 0 bridgehead atoms. The first kappa shape index (κ1) is 22.0. The van der Waals surface area contributed by atoms with Gasteiger partial charge in [-0.2, -0.15) is 0 Å². The Balaban J connectivity index is 1.76. The minimum atomic E-state index is -0.787. The quantitative estimate of drug-likeness (QED) is 0.741. The fraction of sp³-hybridized carbons (Fsp3) is 0.440. The van der Waals surface area contributed by atoms with Gasteiger partial charge >= 0.3 is 11.9 Å². The lowest BCUT2D eigenvalue weighted by Crippen LogP contribution is -2.54. The monoisotopic (exact) mass is 409 g/mol. The summed E-state index contributed by atoms with van der Waals surface area (Å²) < 4.78 is 11.3. The van der Waals surface area contributed by atoms with E-state index in [1.165, 1.54) is 0 Å². The molecule has 1 fully saturated rings. The highest BCUT2D eigenvalue weighted by molar-refractivity contribution is 5.89. The normalized spacial score (nSPS) is 22.7. The molecule has 0 amide bonds. The minimum absolute atomic E-state index is 0.194. The van der Waals surface area contributed by atoms with Gasteiger partial charge in [-0.1, -0.05) is 48.5 Å². The van der Waals surface area contributed by atoms with E-state index < -0.39 is 23.0 Å². The van der Waals surface area contributed by atoms with Gasteiger partial charge in [0.2, 0.25) is 0 Å². The number of nitrogens with two attached hydrogens (primary N) is 1. The molecule has 0 saturated heterocycles. The van der Waals surface area contributed by atoms with Gasteiger partial charge < -0.3 is 15.2 Å². The highest BCUT2D eigenvalue weighted by Gasteiger charge is 2.46. The second-order valence-corrected chi connectivity index (χ2v) is 9.00. The van der Waals surface area contributed by atoms with Gasteiger partial charge in [-0.05, 0) is 64.2 Å². The molecule has 2 aromatic rings. The molecular weight excluding hydrogens is 378 g/mol. The fourth-order valence-electron chi connectivity index (χ4n) is 4.16. The molecule has 2 N–H and O–H groups in total. The van der Waals surface area contributed by atoms with E-state index in [1.54, 1.807) is 12.1 Å². The zero-order valence-electron chi connectivity index (χ0n) is 18.0. The lowest BCUT2D eigenvalue weighted by atomic mass is 9.64. The number of hydrogen-bond donors (Lipinski definition) is 1. The Hall–Kier alpha value is -2.66. The van der Waals surface area contributed by atoms with E-state index in [-0.39, 0.29) is 12.1 Å². The molecule has 160 valence electrons. The van der Waals surface area contributed by atoms with Crippen LogP contribution in [0.1, 0.15) is 62.4 Å². The molecule has 3 rings (SSSR count). The Bertz CT molecular complexity index is 850. The molecule has 0 radical (unpaired) electrons. The van der Waals surface area contributed by atoms with Crippen LogP contribution in [0.4, 0.5) is 0 Å². The Kier molecular flexibility index (Phi) is 6.61. The highest BCUT2D eigenvalue weighted by Crippen LogP contribution is 2.43. The number of ether oxygens (including phenoxy) is 2. The standard InChI is InChI=1S/C25H31NO4/c1-24(2,3)30-23(28)21(26)25(19-12-8-5-9-13-19)16-14-20(15-17-25)29-22(27)18-10-6-4-7-11-18/h4-13,20-21H,14-17,26H2,1-3H3. The summed E-state index contributed by atoms with van der Waals surface area (Å²) in [6.45, 7) is 5.52. The Morgan fingerprint density at radius 2 is 1.50 bits per heavy atom. The zero-order valence-corrected chi connectivity index (χ0v) is 18.0. The van der Waals surface area contributed by atoms with E-state index in [9.17, 15) is 9.59 Å². The first-order valence-corrected chi connectivity index (χ1v) is 10.5. The van der Waals surface area contributed by atoms with Gasteiger partial charge in [0.05, 0.1) is 5.56 Å². The van der Waals surface area contributed by atoms with E-state index >= 15 is 0 Å². The molecule has 0 heterocycles. The summed E-state index contributed by atoms with van der Waals surface area (Å²) in [7, 11) is 0. The number of rotatable bonds is 5. The number of benzene rings is 2. The molecule has 5 nitrogen and oxygen atoms in total. The third kappa shape index (κ3) is 5.08. The van der Waals surface area contributed by atoms with Crippen LogP contribution >= 0.6 is 0 Å². The predicted molar refractivity (Wildman–Crippen MR) is 116 cm³/mol. The van der Waals surface area contributed by atoms with Crippen molar-refractivity contribution in [3.63, 3.8) is 0 Å². The molecular formula is C25H31NO4. The molecule has 30 heavy (non-hydrogen) atoms. The van der Waals surface area contributed by atoms with Crippen LogP contribution < -0.4 is 5.73 Å². The van der Waals surface area contributed by atoms with Crippen LogP contribution in [-0.2, 0) is 19.7 Å². The van der Waals surface area contributed by atoms with Gasteiger partial charge in [-0.15, -0.1) is 0 Å². The molecule has 0 aromatic heterocycles. The van der Waals surface area contributed by atoms with Crippen molar-refractivity contribution in [1.29, 1.82) is 0 Å². The largest absolute Gasteiger partial charge is 0.459 e. The maximum absolute atomic E-state index is 12.8. The molecule has 1 aliphatic carbocycles. The average Bonchev–Trinajstić information content (AvgIpc) is 2.74. The molecule has 1 atom stereocenters. The van der Waals surface area contributed by atoms with Crippen molar-refractivity contribution in [2.45, 2.75) is 69.6 Å². The molecule has 2 aromatic carbocycles. The summed E-state index contributed by atoms with van der Waals surface area (Å²) in [6.07, 6.45) is 2.38. The van der Waals surface area contributed by atoms with Gasteiger partial charge in [0, 0.05) is 5.41 Å². The summed E-state index contributed by atoms with van der Waals surface area (Å²) in [5, 5.41) is 0. The molecule has 5 heteroatoms. The van der Waals surface area contributed by atoms with Crippen molar-refractivity contribution < 1.29 is 19.1 Å². The zero-order chi connectivity index (χ0) is 21.8. The lowest BCUT2D eigenvalue weighted by molar-refractivity contribution is -0.159. The first-order valence-electron chi connectivity index (χ1n) is 10.5. The smallest absolute Gasteiger partial charge is 0.338 e. The van der Waals surface area contributed by atoms with E-state index in [2.05, 4.69) is 0 Å². The van der Waals surface area contributed by atoms with Crippen LogP contribution in [0.15, 0.2) is 60.7 Å². The van der Waals surface area contributed by atoms with Gasteiger partial charge in [0.25, 0.3) is 0 Å². The van der Waals surface area contributed by atoms with Crippen molar-refractivity contribution in [2.75, 3.05) is 0 Å². The van der Waals surface area contributed by atoms with E-state index in [0.29, 0.717) is 31.2 Å². The first-order chi connectivity index (χ1) is 14.2. The number of carbonyl (C=O) groups is 2. The van der Waals surface area contributed by atoms with Gasteiger partial charge in [0.1, 0.15) is 17.7 Å². The molecule has 0 spiro atoms. The van der Waals surface area contributed by atoms with Gasteiger partial charge in [-0.3, -0.25) is 4.79 Å². The third-order valence-corrected chi connectivity index (χ3v) is 5.71. The van der Waals surface area contributed by atoms with Crippen molar-refractivity contribution in [3.05, 3.63) is 71.8 Å². The van der Waals surface area contributed by atoms with Crippen LogP contribution in [-0.4, -0.2) is 29.7 Å². The predicted octanol–water partition coefficient (Wildman–Crippen LogP) is 4.39. The Morgan fingerprint density at radius 1 is 0.967 bits per heavy atom. The second-order valence-electron chi connectivity index (χ2n) is 9.00. The minimum Gasteiger partial charge on any atom is -0.459 e. The van der Waals surface area contributed by atoms with E-state index in [4.69, 9.17) is 15.2 Å². The van der Waals surface area contributed by atoms with Gasteiger partial charge in [-0.25, -0.2) is 4.79 Å². The number of esters is 2. The Labute approximate surface area is 178 Å². The van der Waals surface area contributed by atoms with Crippen LogP contribution in [0.25, 0.3) is 0 Å². The van der Waals surface area contributed by atoms with E-state index in [0.717, 1.165) is 5.56 Å². The number of carbonyl (C=O) groups excluding carboxylic acids is 2. The number of hydrogen-bond acceptors (Lipinski definition) is 5. The van der Waals surface area contributed by atoms with E-state index in [1.807, 2.05) is 69.3 Å². The highest BCUT2D eigenvalue weighted by atomic mass is 16.6. The van der Waals surface area contributed by atoms with Crippen LogP contribution in [0, 0.1) is 0 Å². The average molecular weight is 410 g/mol. The van der Waals surface area contributed by atoms with Gasteiger partial charge in [0.15, 0.2) is 0 Å². The SMILES string of the molecule is CC(C)(C)OC(=O)C(N)C1(c2ccccc2)CCC(OC(=O)c2ccccc2)CC1. The summed E-state index contributed by atoms with van der Waals surface area (Å²) in [6, 6.07) is 18.1. The van der Waals surface area contributed by atoms with Crippen molar-refractivity contribution in [3.8, 4) is 0 Å². The fourth-order valence-corrected chi connectivity index (χ4v) is 4.16. The summed E-state index contributed by atoms with van der Waals surface area (Å²) >= 11 is 0. The van der Waals surface area contributed by atoms with Crippen LogP contribution in [0.3, 0.4) is 0 Å². The summed E-state index contributed by atoms with van der Waals surface area (Å²) in [5.41, 5.74) is 6.95. The van der Waals surface area contributed by atoms with Crippen molar-refractivity contribution in [2.24, 2.45) is 5.73 Å². The lowest BCUT2D eigenvalue weighted by Gasteiger charge is -2.43. The van der Waals surface area contributed by atoms with Crippen molar-refractivity contribution in [1.82, 2.24) is 0 Å². The molecule has 1 unspecified atom stereocenters. The third-order valence-electron chi connectivity index (χ3n) is 5.71. The maximum Gasteiger partial charge on any atom is 0.338 e. The topological polar surface area (TPSA) is 78.6 Å². The van der Waals surface area contributed by atoms with Crippen molar-refractivity contribution >= 4 is 11.9 Å². The van der Waals surface area contributed by atoms with Crippen LogP contribution in [0.5, 0.6) is 0 Å². The second kappa shape index (κ2) is 9.00. The summed E-state index contributed by atoms with van der Waals surface area (Å²) in [5.74, 6) is -0.713. The summed E-state index contributed by atoms with van der Waals surface area (Å²) in [4.78, 5) is 25.3. The molecule has 1 saturated carbocycles. The Morgan fingerprint density at radius 3 is 2.03 bits per heavy atom. The van der Waals surface area contributed by atoms with Crippen LogP contribution in [0.2, 0.25) is 0 Å².